The minimum atomic E-state index is 0.278. The Morgan fingerprint density at radius 2 is 1.62 bits per heavy atom. The molecule has 47 heavy (non-hydrogen) atoms. The predicted molar refractivity (Wildman–Crippen MR) is 200 cm³/mol. The highest BCUT2D eigenvalue weighted by Crippen LogP contribution is 2.16. The monoisotopic (exact) mass is 662 g/mol. The SMILES string of the molecule is C=C(C)C(C)C(=C)OCC.CC(C)N(C)C(C)C.CCC/C(C)=N/OC.CN1CCCCCC1=O.Cn1cccn1.Cn1ccnc1. The molecule has 0 spiro atoms. The van der Waals surface area contributed by atoms with E-state index in [0.717, 1.165) is 49.3 Å². The zero-order chi connectivity index (χ0) is 36.8. The molecular weight excluding hydrogens is 590 g/mol. The number of imidazole rings is 1. The molecule has 10 nitrogen and oxygen atoms in total. The Morgan fingerprint density at radius 3 is 1.94 bits per heavy atom. The molecule has 1 unspecified atom stereocenters. The van der Waals surface area contributed by atoms with Crippen LogP contribution in [0.4, 0.5) is 0 Å². The number of oxime groups is 1. The van der Waals surface area contributed by atoms with Gasteiger partial charge in [-0.3, -0.25) is 9.48 Å². The first kappa shape index (κ1) is 48.0. The van der Waals surface area contributed by atoms with Crippen LogP contribution in [0.25, 0.3) is 0 Å². The number of hydrogen-bond acceptors (Lipinski definition) is 7. The Balaban J connectivity index is -0.000000498. The Hall–Kier alpha value is -3.40. The molecule has 0 radical (unpaired) electrons. The maximum Gasteiger partial charge on any atom is 0.222 e. The highest BCUT2D eigenvalue weighted by atomic mass is 16.6. The number of rotatable bonds is 9. The van der Waals surface area contributed by atoms with Crippen LogP contribution < -0.4 is 0 Å². The minimum absolute atomic E-state index is 0.278. The standard InChI is InChI=1S/C9H16O.C7H13NO.C7H17N.C6H13NO.2C4H6N2/c1-6-10-9(5)8(4)7(2)3;1-8-6-4-2-3-5-7(8)9;1-6(2)8(5)7(3)4;1-4-5-6(2)7-8-3;1-6-3-2-5-4-6;1-6-4-2-3-5-6/h8H,2,5-6H2,1,3-4H3;2-6H2,1H3;6-7H,1-5H3;4-5H2,1-3H3;2*2-4H,1H3/b;;;7-6+;;. The van der Waals surface area contributed by atoms with Gasteiger partial charge in [0, 0.05) is 76.9 Å². The fraction of sp³-hybridized carbons (Fsp3) is 0.676. The number of aryl methyl sites for hydroxylation is 2. The molecule has 1 aliphatic rings. The largest absolute Gasteiger partial charge is 0.498 e. The number of amides is 1. The first-order valence-corrected chi connectivity index (χ1v) is 16.9. The van der Waals surface area contributed by atoms with Gasteiger partial charge < -0.3 is 23.9 Å². The lowest BCUT2D eigenvalue weighted by Crippen LogP contribution is -2.32. The minimum Gasteiger partial charge on any atom is -0.498 e. The molecule has 1 fully saturated rings. The van der Waals surface area contributed by atoms with Gasteiger partial charge in [-0.05, 0) is 80.8 Å². The molecule has 1 atom stereocenters. The second-order valence-corrected chi connectivity index (χ2v) is 12.1. The Labute approximate surface area is 288 Å². The summed E-state index contributed by atoms with van der Waals surface area (Å²) in [5, 5.41) is 7.56. The molecule has 0 aliphatic carbocycles. The van der Waals surface area contributed by atoms with E-state index in [9.17, 15) is 4.79 Å². The van der Waals surface area contributed by atoms with E-state index in [2.05, 4.69) is 79.8 Å². The van der Waals surface area contributed by atoms with E-state index < -0.39 is 0 Å². The number of hydrogen-bond donors (Lipinski definition) is 0. The number of ether oxygens (including phenoxy) is 1. The van der Waals surface area contributed by atoms with Gasteiger partial charge >= 0.3 is 0 Å². The molecule has 2 aromatic rings. The van der Waals surface area contributed by atoms with E-state index in [4.69, 9.17) is 4.74 Å². The summed E-state index contributed by atoms with van der Waals surface area (Å²) >= 11 is 0. The van der Waals surface area contributed by atoms with E-state index in [1.165, 1.54) is 12.8 Å². The molecule has 1 amide bonds. The molecule has 2 aromatic heterocycles. The molecule has 1 saturated heterocycles. The van der Waals surface area contributed by atoms with Crippen molar-refractivity contribution in [1.82, 2.24) is 29.1 Å². The van der Waals surface area contributed by atoms with Crippen LogP contribution in [0.15, 0.2) is 66.8 Å². The Bertz CT molecular complexity index is 992. The summed E-state index contributed by atoms with van der Waals surface area (Å²) < 4.78 is 8.85. The quantitative estimate of drug-likeness (QED) is 0.117. The van der Waals surface area contributed by atoms with Gasteiger partial charge in [0.2, 0.25) is 5.91 Å². The first-order valence-electron chi connectivity index (χ1n) is 16.9. The summed E-state index contributed by atoms with van der Waals surface area (Å²) in [6.45, 7) is 28.1. The third-order valence-corrected chi connectivity index (χ3v) is 7.12. The lowest BCUT2D eigenvalue weighted by atomic mass is 10.0. The molecule has 1 aliphatic heterocycles. The van der Waals surface area contributed by atoms with Crippen molar-refractivity contribution in [2.45, 2.75) is 113 Å². The summed E-state index contributed by atoms with van der Waals surface area (Å²) in [5.41, 5.74) is 2.16. The van der Waals surface area contributed by atoms with Crippen molar-refractivity contribution < 1.29 is 14.4 Å². The second kappa shape index (κ2) is 31.2. The van der Waals surface area contributed by atoms with Gasteiger partial charge in [0.05, 0.1) is 24.4 Å². The van der Waals surface area contributed by atoms with Crippen LogP contribution in [0.1, 0.15) is 101 Å². The lowest BCUT2D eigenvalue weighted by molar-refractivity contribution is -0.129. The fourth-order valence-corrected chi connectivity index (χ4v) is 3.53. The van der Waals surface area contributed by atoms with Crippen molar-refractivity contribution >= 4 is 11.6 Å². The zero-order valence-electron chi connectivity index (χ0n) is 32.6. The summed E-state index contributed by atoms with van der Waals surface area (Å²) in [4.78, 5) is 23.4. The smallest absolute Gasteiger partial charge is 0.222 e. The van der Waals surface area contributed by atoms with Gasteiger partial charge in [0.25, 0.3) is 0 Å². The van der Waals surface area contributed by atoms with Gasteiger partial charge in [-0.2, -0.15) is 5.10 Å². The summed E-state index contributed by atoms with van der Waals surface area (Å²) in [7, 11) is 9.43. The molecule has 3 heterocycles. The van der Waals surface area contributed by atoms with Crippen molar-refractivity contribution in [1.29, 1.82) is 0 Å². The van der Waals surface area contributed by atoms with Gasteiger partial charge in [0.15, 0.2) is 0 Å². The topological polar surface area (TPSA) is 90.0 Å². The van der Waals surface area contributed by atoms with Gasteiger partial charge in [0.1, 0.15) is 7.11 Å². The number of nitrogens with zero attached hydrogens (tertiary/aromatic N) is 7. The van der Waals surface area contributed by atoms with Crippen LogP contribution >= 0.6 is 0 Å². The summed E-state index contributed by atoms with van der Waals surface area (Å²) in [5.74, 6) is 1.41. The molecule has 272 valence electrons. The number of likely N-dealkylation sites (tertiary alicyclic amines) is 1. The summed E-state index contributed by atoms with van der Waals surface area (Å²) in [6, 6.07) is 3.24. The van der Waals surface area contributed by atoms with E-state index in [1.807, 2.05) is 76.8 Å². The predicted octanol–water partition coefficient (Wildman–Crippen LogP) is 8.15. The van der Waals surface area contributed by atoms with E-state index >= 15 is 0 Å². The average molecular weight is 662 g/mol. The number of allylic oxidation sites excluding steroid dienone is 1. The van der Waals surface area contributed by atoms with Crippen LogP contribution in [-0.4, -0.2) is 87.2 Å². The van der Waals surface area contributed by atoms with Gasteiger partial charge in [-0.1, -0.05) is 50.6 Å². The molecule has 0 bridgehead atoms. The third kappa shape index (κ3) is 31.0. The average Bonchev–Trinajstić information content (AvgIpc) is 3.66. The van der Waals surface area contributed by atoms with Crippen molar-refractivity contribution in [3.8, 4) is 0 Å². The fourth-order valence-electron chi connectivity index (χ4n) is 3.53. The highest BCUT2D eigenvalue weighted by Gasteiger charge is 2.11. The molecule has 3 rings (SSSR count). The van der Waals surface area contributed by atoms with Crippen LogP contribution in [0, 0.1) is 5.92 Å². The zero-order valence-corrected chi connectivity index (χ0v) is 32.6. The maximum atomic E-state index is 10.9. The van der Waals surface area contributed by atoms with Crippen molar-refractivity contribution in [3.05, 3.63) is 61.7 Å². The number of carbonyl (C=O) groups excluding carboxylic acids is 1. The van der Waals surface area contributed by atoms with Crippen molar-refractivity contribution in [2.24, 2.45) is 25.2 Å². The third-order valence-electron chi connectivity index (χ3n) is 7.12. The highest BCUT2D eigenvalue weighted by molar-refractivity contribution is 5.81. The van der Waals surface area contributed by atoms with Crippen LogP contribution in [-0.2, 0) is 28.5 Å². The van der Waals surface area contributed by atoms with E-state index in [1.54, 1.807) is 30.5 Å². The van der Waals surface area contributed by atoms with Crippen molar-refractivity contribution in [2.75, 3.05) is 34.4 Å². The van der Waals surface area contributed by atoms with E-state index in [0.29, 0.717) is 24.6 Å². The second-order valence-electron chi connectivity index (χ2n) is 12.1. The van der Waals surface area contributed by atoms with Crippen LogP contribution in [0.3, 0.4) is 0 Å². The molecule has 0 aromatic carbocycles. The Morgan fingerprint density at radius 1 is 1.00 bits per heavy atom. The number of carbonyl (C=O) groups is 1. The number of aromatic nitrogens is 4. The summed E-state index contributed by atoms with van der Waals surface area (Å²) in [6.07, 6.45) is 15.4. The normalized spacial score (nSPS) is 13.1. The van der Waals surface area contributed by atoms with Crippen molar-refractivity contribution in [3.63, 3.8) is 0 Å². The molecule has 0 saturated carbocycles. The first-order chi connectivity index (χ1) is 22.0. The van der Waals surface area contributed by atoms with Crippen LogP contribution in [0.2, 0.25) is 0 Å². The molecular formula is C37H71N7O3. The molecule has 10 heteroatoms. The molecule has 0 N–H and O–H groups in total. The van der Waals surface area contributed by atoms with Crippen LogP contribution in [0.5, 0.6) is 0 Å². The van der Waals surface area contributed by atoms with Gasteiger partial charge in [-0.25, -0.2) is 4.98 Å². The lowest BCUT2D eigenvalue weighted by Gasteiger charge is -2.24. The van der Waals surface area contributed by atoms with Gasteiger partial charge in [-0.15, -0.1) is 0 Å². The Kier molecular flexibility index (Phi) is 31.9. The van der Waals surface area contributed by atoms with E-state index in [-0.39, 0.29) is 5.92 Å². The maximum absolute atomic E-state index is 10.9.